The Balaban J connectivity index is 1.59. The Morgan fingerprint density at radius 1 is 0.974 bits per heavy atom. The molecule has 0 bridgehead atoms. The van der Waals surface area contributed by atoms with Crippen LogP contribution in [-0.2, 0) is 11.2 Å². The van der Waals surface area contributed by atoms with Gasteiger partial charge in [-0.3, -0.25) is 9.36 Å². The van der Waals surface area contributed by atoms with Crippen molar-refractivity contribution in [2.24, 2.45) is 4.99 Å². The Morgan fingerprint density at radius 3 is 2.51 bits per heavy atom. The molecule has 2 heterocycles. The van der Waals surface area contributed by atoms with Gasteiger partial charge in [0.15, 0.2) is 16.3 Å². The molecule has 0 spiro atoms. The van der Waals surface area contributed by atoms with Gasteiger partial charge in [0.05, 0.1) is 43.2 Å². The largest absolute Gasteiger partial charge is 0.493 e. The summed E-state index contributed by atoms with van der Waals surface area (Å²) in [5, 5.41) is 0. The Bertz CT molecular complexity index is 1810. The summed E-state index contributed by atoms with van der Waals surface area (Å²) in [5.41, 5.74) is 6.33. The minimum atomic E-state index is -0.404. The summed E-state index contributed by atoms with van der Waals surface area (Å²) >= 11 is 1.35. The van der Waals surface area contributed by atoms with Crippen molar-refractivity contribution in [1.29, 1.82) is 0 Å². The molecule has 0 N–H and O–H groups in total. The number of aryl methyl sites for hydroxylation is 1. The van der Waals surface area contributed by atoms with E-state index in [1.54, 1.807) is 43.1 Å². The molecule has 1 aromatic heterocycles. The SMILES string of the molecule is COC(=O)c1ccc(C=c2sc3n(c2=O)C(c2cccc(OC)c2OC)C2=C(N=3)c3ccccc3CC2)cc1. The van der Waals surface area contributed by atoms with E-state index in [-0.39, 0.29) is 5.56 Å². The van der Waals surface area contributed by atoms with E-state index in [2.05, 4.69) is 18.2 Å². The predicted octanol–water partition coefficient (Wildman–Crippen LogP) is 4.12. The van der Waals surface area contributed by atoms with E-state index in [1.165, 1.54) is 24.0 Å². The molecule has 0 saturated carbocycles. The van der Waals surface area contributed by atoms with E-state index in [4.69, 9.17) is 19.2 Å². The van der Waals surface area contributed by atoms with Gasteiger partial charge in [0.25, 0.3) is 5.56 Å². The van der Waals surface area contributed by atoms with E-state index in [0.29, 0.717) is 26.4 Å². The van der Waals surface area contributed by atoms with Crippen molar-refractivity contribution >= 4 is 29.1 Å². The summed E-state index contributed by atoms with van der Waals surface area (Å²) in [5.74, 6) is 0.808. The third-order valence-electron chi connectivity index (χ3n) is 7.23. The van der Waals surface area contributed by atoms with Crippen LogP contribution in [0.1, 0.15) is 45.1 Å². The van der Waals surface area contributed by atoms with E-state index in [0.717, 1.165) is 40.8 Å². The van der Waals surface area contributed by atoms with Crippen LogP contribution in [-0.4, -0.2) is 31.9 Å². The minimum Gasteiger partial charge on any atom is -0.493 e. The molecule has 4 aromatic rings. The van der Waals surface area contributed by atoms with Crippen molar-refractivity contribution in [3.63, 3.8) is 0 Å². The standard InChI is InChI=1S/C31H26N2O5S/c1-36-24-10-6-9-23(28(24)37-2)27-22-16-15-19-7-4-5-8-21(19)26(22)32-31-33(27)29(34)25(39-31)17-18-11-13-20(14-12-18)30(35)38-3/h4-14,17,27H,15-16H2,1-3H3. The number of hydrogen-bond donors (Lipinski definition) is 0. The lowest BCUT2D eigenvalue weighted by Gasteiger charge is -2.31. The zero-order valence-corrected chi connectivity index (χ0v) is 22.6. The second kappa shape index (κ2) is 10.0. The first-order chi connectivity index (χ1) is 19.0. The lowest BCUT2D eigenvalue weighted by atomic mass is 9.83. The summed E-state index contributed by atoms with van der Waals surface area (Å²) in [6.45, 7) is 0. The zero-order chi connectivity index (χ0) is 27.1. The molecule has 7 nitrogen and oxygen atoms in total. The maximum atomic E-state index is 14.0. The molecule has 0 saturated heterocycles. The number of rotatable bonds is 5. The summed E-state index contributed by atoms with van der Waals surface area (Å²) in [6.07, 6.45) is 3.48. The second-order valence-electron chi connectivity index (χ2n) is 9.31. The molecule has 0 radical (unpaired) electrons. The highest BCUT2D eigenvalue weighted by Gasteiger charge is 2.34. The number of benzene rings is 3. The monoisotopic (exact) mass is 538 g/mol. The molecular weight excluding hydrogens is 512 g/mol. The number of ether oxygens (including phenoxy) is 3. The number of hydrogen-bond acceptors (Lipinski definition) is 7. The Labute approximate surface area is 228 Å². The Hall–Kier alpha value is -4.43. The van der Waals surface area contributed by atoms with Gasteiger partial charge in [-0.1, -0.05) is 59.9 Å². The summed E-state index contributed by atoms with van der Waals surface area (Å²) in [4.78, 5) is 31.5. The van der Waals surface area contributed by atoms with Crippen LogP contribution in [0.4, 0.5) is 0 Å². The van der Waals surface area contributed by atoms with Crippen LogP contribution in [0.5, 0.6) is 11.5 Å². The van der Waals surface area contributed by atoms with Crippen molar-refractivity contribution in [2.75, 3.05) is 21.3 Å². The fourth-order valence-electron chi connectivity index (χ4n) is 5.41. The summed E-state index contributed by atoms with van der Waals surface area (Å²) in [7, 11) is 4.58. The minimum absolute atomic E-state index is 0.129. The van der Waals surface area contributed by atoms with E-state index >= 15 is 0 Å². The number of esters is 1. The maximum absolute atomic E-state index is 14.0. The highest BCUT2D eigenvalue weighted by Crippen LogP contribution is 2.45. The molecule has 6 rings (SSSR count). The summed E-state index contributed by atoms with van der Waals surface area (Å²) < 4.78 is 18.6. The molecule has 3 aromatic carbocycles. The molecule has 0 amide bonds. The molecule has 1 atom stereocenters. The predicted molar refractivity (Wildman–Crippen MR) is 150 cm³/mol. The van der Waals surface area contributed by atoms with Gasteiger partial charge in [0.1, 0.15) is 0 Å². The Morgan fingerprint density at radius 2 is 1.77 bits per heavy atom. The van der Waals surface area contributed by atoms with Gasteiger partial charge < -0.3 is 14.2 Å². The molecule has 0 fully saturated rings. The van der Waals surface area contributed by atoms with Crippen LogP contribution in [0, 0.1) is 0 Å². The normalized spacial score (nSPS) is 16.1. The van der Waals surface area contributed by atoms with Crippen LogP contribution in [0.15, 0.2) is 82.1 Å². The van der Waals surface area contributed by atoms with E-state index in [1.807, 2.05) is 30.3 Å². The third-order valence-corrected chi connectivity index (χ3v) is 8.21. The van der Waals surface area contributed by atoms with Gasteiger partial charge in [-0.25, -0.2) is 9.79 Å². The molecule has 2 aliphatic rings. The van der Waals surface area contributed by atoms with Crippen molar-refractivity contribution in [3.05, 3.63) is 120 Å². The van der Waals surface area contributed by atoms with Gasteiger partial charge in [0, 0.05) is 11.1 Å². The highest BCUT2D eigenvalue weighted by atomic mass is 32.1. The Kier molecular flexibility index (Phi) is 6.40. The molecule has 8 heteroatoms. The number of fused-ring (bicyclic) bond motifs is 3. The number of aromatic nitrogens is 1. The number of thiazole rings is 1. The summed E-state index contributed by atoms with van der Waals surface area (Å²) in [6, 6.07) is 20.7. The molecule has 1 aliphatic heterocycles. The number of methoxy groups -OCH3 is 3. The fraction of sp³-hybridized carbons (Fsp3) is 0.194. The van der Waals surface area contributed by atoms with Crippen LogP contribution in [0.3, 0.4) is 0 Å². The van der Waals surface area contributed by atoms with Crippen LogP contribution in [0.25, 0.3) is 11.8 Å². The first kappa shape index (κ1) is 24.9. The fourth-order valence-corrected chi connectivity index (χ4v) is 6.41. The number of nitrogens with zero attached hydrogens (tertiary/aromatic N) is 2. The lowest BCUT2D eigenvalue weighted by Crippen LogP contribution is -2.39. The maximum Gasteiger partial charge on any atom is 0.337 e. The number of carbonyl (C=O) groups excluding carboxylic acids is 1. The van der Waals surface area contributed by atoms with Crippen LogP contribution >= 0.6 is 11.3 Å². The highest BCUT2D eigenvalue weighted by molar-refractivity contribution is 7.07. The van der Waals surface area contributed by atoms with Gasteiger partial charge in [-0.2, -0.15) is 0 Å². The molecule has 196 valence electrons. The molecular formula is C31H26N2O5S. The average Bonchev–Trinajstić information content (AvgIpc) is 3.29. The first-order valence-corrected chi connectivity index (χ1v) is 13.4. The second-order valence-corrected chi connectivity index (χ2v) is 10.3. The lowest BCUT2D eigenvalue weighted by molar-refractivity contribution is 0.0600. The van der Waals surface area contributed by atoms with Gasteiger partial charge in [-0.05, 0) is 53.8 Å². The van der Waals surface area contributed by atoms with E-state index < -0.39 is 12.0 Å². The van der Waals surface area contributed by atoms with Gasteiger partial charge in [-0.15, -0.1) is 0 Å². The van der Waals surface area contributed by atoms with Crippen molar-refractivity contribution in [2.45, 2.75) is 18.9 Å². The van der Waals surface area contributed by atoms with Gasteiger partial charge >= 0.3 is 5.97 Å². The number of carbonyl (C=O) groups is 1. The van der Waals surface area contributed by atoms with E-state index in [9.17, 15) is 9.59 Å². The van der Waals surface area contributed by atoms with Crippen LogP contribution < -0.4 is 24.4 Å². The topological polar surface area (TPSA) is 79.1 Å². The van der Waals surface area contributed by atoms with Crippen molar-refractivity contribution in [3.8, 4) is 11.5 Å². The zero-order valence-electron chi connectivity index (χ0n) is 21.8. The molecule has 39 heavy (non-hydrogen) atoms. The van der Waals surface area contributed by atoms with Crippen molar-refractivity contribution in [1.82, 2.24) is 4.57 Å². The molecule has 1 aliphatic carbocycles. The smallest absolute Gasteiger partial charge is 0.337 e. The first-order valence-electron chi connectivity index (χ1n) is 12.6. The molecule has 1 unspecified atom stereocenters. The van der Waals surface area contributed by atoms with Crippen molar-refractivity contribution < 1.29 is 19.0 Å². The quantitative estimate of drug-likeness (QED) is 0.357. The van der Waals surface area contributed by atoms with Gasteiger partial charge in [0.2, 0.25) is 0 Å². The van der Waals surface area contributed by atoms with Crippen LogP contribution in [0.2, 0.25) is 0 Å². The third kappa shape index (κ3) is 4.17. The number of allylic oxidation sites excluding steroid dienone is 1. The number of para-hydroxylation sites is 1. The average molecular weight is 539 g/mol.